The molecule has 0 fully saturated rings. The molecule has 0 unspecified atom stereocenters. The highest BCUT2D eigenvalue weighted by Gasteiger charge is 2.31. The molecule has 0 bridgehead atoms. The number of hydrogen-bond donors (Lipinski definition) is 2. The average Bonchev–Trinajstić information content (AvgIpc) is 2.65. The molecule has 3 rings (SSSR count). The predicted octanol–water partition coefficient (Wildman–Crippen LogP) is 4.18. The second kappa shape index (κ2) is 7.41. The van der Waals surface area contributed by atoms with E-state index in [0.29, 0.717) is 30.5 Å². The van der Waals surface area contributed by atoms with E-state index in [-0.39, 0.29) is 28.0 Å². The summed E-state index contributed by atoms with van der Waals surface area (Å²) in [5.74, 6) is -1.35. The number of carbonyl (C=O) groups is 1. The van der Waals surface area contributed by atoms with Gasteiger partial charge < -0.3 is 11.1 Å². The van der Waals surface area contributed by atoms with Crippen molar-refractivity contribution in [1.29, 1.82) is 0 Å². The fourth-order valence-corrected chi connectivity index (χ4v) is 2.77. The number of hydrogen-bond acceptors (Lipinski definition) is 4. The second-order valence-electron chi connectivity index (χ2n) is 6.11. The maximum absolute atomic E-state index is 14.3. The van der Waals surface area contributed by atoms with Gasteiger partial charge in [-0.2, -0.15) is 13.2 Å². The Morgan fingerprint density at radius 1 is 1.14 bits per heavy atom. The molecular formula is C19H16F4N4O. The Labute approximate surface area is 157 Å². The Balaban J connectivity index is 2.17. The van der Waals surface area contributed by atoms with Crippen LogP contribution in [0.2, 0.25) is 0 Å². The summed E-state index contributed by atoms with van der Waals surface area (Å²) in [6.45, 7) is 2.30. The lowest BCUT2D eigenvalue weighted by Gasteiger charge is -2.13. The van der Waals surface area contributed by atoms with Crippen LogP contribution in [0, 0.1) is 5.82 Å². The first kappa shape index (κ1) is 19.5. The van der Waals surface area contributed by atoms with Gasteiger partial charge in [0.1, 0.15) is 11.3 Å². The van der Waals surface area contributed by atoms with E-state index in [9.17, 15) is 22.4 Å². The number of benzene rings is 2. The van der Waals surface area contributed by atoms with E-state index in [0.717, 1.165) is 6.07 Å². The van der Waals surface area contributed by atoms with Crippen LogP contribution in [-0.4, -0.2) is 22.6 Å². The van der Waals surface area contributed by atoms with Crippen LogP contribution in [0.15, 0.2) is 36.4 Å². The summed E-state index contributed by atoms with van der Waals surface area (Å²) < 4.78 is 53.4. The summed E-state index contributed by atoms with van der Waals surface area (Å²) in [6, 6.07) is 6.60. The van der Waals surface area contributed by atoms with Crippen molar-refractivity contribution in [3.63, 3.8) is 0 Å². The topological polar surface area (TPSA) is 80.9 Å². The van der Waals surface area contributed by atoms with Gasteiger partial charge in [0, 0.05) is 23.1 Å². The zero-order valence-corrected chi connectivity index (χ0v) is 14.8. The molecule has 1 amide bonds. The van der Waals surface area contributed by atoms with Gasteiger partial charge in [0.25, 0.3) is 5.91 Å². The van der Waals surface area contributed by atoms with Gasteiger partial charge in [0.15, 0.2) is 5.69 Å². The molecule has 0 spiro atoms. The Hall–Kier alpha value is -3.23. The molecule has 0 saturated carbocycles. The number of fused-ring (bicyclic) bond motifs is 1. The number of anilines is 1. The number of amides is 1. The Bertz CT molecular complexity index is 1050. The maximum Gasteiger partial charge on any atom is 0.416 e. The van der Waals surface area contributed by atoms with E-state index in [1.807, 2.05) is 6.92 Å². The highest BCUT2D eigenvalue weighted by Crippen LogP contribution is 2.36. The molecule has 0 atom stereocenters. The molecule has 1 heterocycles. The molecule has 3 aromatic rings. The number of nitrogens with one attached hydrogen (secondary N) is 1. The van der Waals surface area contributed by atoms with E-state index in [1.54, 1.807) is 6.07 Å². The van der Waals surface area contributed by atoms with Gasteiger partial charge in [-0.15, -0.1) is 10.2 Å². The lowest BCUT2D eigenvalue weighted by molar-refractivity contribution is -0.137. The molecule has 9 heteroatoms. The number of aromatic nitrogens is 2. The normalized spacial score (nSPS) is 11.6. The number of nitrogens with zero attached hydrogens (tertiary/aromatic N) is 2. The van der Waals surface area contributed by atoms with Crippen LogP contribution in [-0.2, 0) is 6.18 Å². The van der Waals surface area contributed by atoms with Crippen LogP contribution in [0.4, 0.5) is 23.2 Å². The van der Waals surface area contributed by atoms with Gasteiger partial charge in [-0.25, -0.2) is 4.39 Å². The van der Waals surface area contributed by atoms with Crippen molar-refractivity contribution >= 4 is 22.5 Å². The molecular weight excluding hydrogens is 376 g/mol. The lowest BCUT2D eigenvalue weighted by Crippen LogP contribution is -2.26. The summed E-state index contributed by atoms with van der Waals surface area (Å²) in [6.07, 6.45) is -3.91. The predicted molar refractivity (Wildman–Crippen MR) is 97.0 cm³/mol. The third kappa shape index (κ3) is 3.60. The Morgan fingerprint density at radius 2 is 1.89 bits per heavy atom. The van der Waals surface area contributed by atoms with Crippen LogP contribution in [0.1, 0.15) is 29.4 Å². The smallest absolute Gasteiger partial charge is 0.396 e. The monoisotopic (exact) mass is 392 g/mol. The highest BCUT2D eigenvalue weighted by atomic mass is 19.4. The van der Waals surface area contributed by atoms with Crippen LogP contribution >= 0.6 is 0 Å². The largest absolute Gasteiger partial charge is 0.416 e. The number of alkyl halides is 3. The van der Waals surface area contributed by atoms with Crippen molar-refractivity contribution < 1.29 is 22.4 Å². The molecule has 0 radical (unpaired) electrons. The van der Waals surface area contributed by atoms with E-state index in [4.69, 9.17) is 5.73 Å². The third-order valence-corrected chi connectivity index (χ3v) is 4.17. The highest BCUT2D eigenvalue weighted by molar-refractivity contribution is 6.07. The van der Waals surface area contributed by atoms with Crippen molar-refractivity contribution in [3.05, 3.63) is 53.5 Å². The molecule has 28 heavy (non-hydrogen) atoms. The average molecular weight is 392 g/mol. The molecule has 0 aliphatic rings. The van der Waals surface area contributed by atoms with Crippen molar-refractivity contribution in [1.82, 2.24) is 15.5 Å². The van der Waals surface area contributed by atoms with Gasteiger partial charge in [0.05, 0.1) is 11.3 Å². The summed E-state index contributed by atoms with van der Waals surface area (Å²) in [5.41, 5.74) is 4.90. The minimum absolute atomic E-state index is 0.0211. The summed E-state index contributed by atoms with van der Waals surface area (Å²) in [4.78, 5) is 12.2. The first-order valence-corrected chi connectivity index (χ1v) is 8.44. The number of nitrogens with two attached hydrogens (primary N) is 1. The molecule has 1 aromatic heterocycles. The minimum atomic E-state index is -4.62. The molecule has 2 aromatic carbocycles. The summed E-state index contributed by atoms with van der Waals surface area (Å²) in [7, 11) is 0. The molecule has 5 nitrogen and oxygen atoms in total. The summed E-state index contributed by atoms with van der Waals surface area (Å²) >= 11 is 0. The van der Waals surface area contributed by atoms with Gasteiger partial charge in [-0.05, 0) is 24.6 Å². The molecule has 3 N–H and O–H groups in total. The van der Waals surface area contributed by atoms with Gasteiger partial charge in [-0.1, -0.05) is 25.1 Å². The van der Waals surface area contributed by atoms with E-state index < -0.39 is 23.5 Å². The Morgan fingerprint density at radius 3 is 2.57 bits per heavy atom. The van der Waals surface area contributed by atoms with Gasteiger partial charge in [-0.3, -0.25) is 4.79 Å². The van der Waals surface area contributed by atoms with Crippen molar-refractivity contribution in [3.8, 4) is 11.1 Å². The van der Waals surface area contributed by atoms with E-state index in [2.05, 4.69) is 15.5 Å². The standard InChI is InChI=1S/C19H16F4N4O/c1-2-8-25-18(28)17-15(24)12-5-3-4-11(16(12)26-27-17)13-9-10(19(21,22)23)6-7-14(13)20/h3-7,9H,2,8H2,1H3,(H2,24,26)(H,25,28). The lowest BCUT2D eigenvalue weighted by atomic mass is 9.98. The zero-order valence-electron chi connectivity index (χ0n) is 14.8. The minimum Gasteiger partial charge on any atom is -0.396 e. The molecule has 0 aliphatic heterocycles. The van der Waals surface area contributed by atoms with Crippen molar-refractivity contribution in [2.24, 2.45) is 0 Å². The van der Waals surface area contributed by atoms with E-state index in [1.165, 1.54) is 12.1 Å². The van der Waals surface area contributed by atoms with Crippen molar-refractivity contribution in [2.75, 3.05) is 12.3 Å². The quantitative estimate of drug-likeness (QED) is 0.653. The third-order valence-electron chi connectivity index (χ3n) is 4.17. The molecule has 0 aliphatic carbocycles. The fourth-order valence-electron chi connectivity index (χ4n) is 2.77. The Kier molecular flexibility index (Phi) is 5.17. The number of nitrogen functional groups attached to an aromatic ring is 1. The van der Waals surface area contributed by atoms with Gasteiger partial charge in [0.2, 0.25) is 0 Å². The zero-order chi connectivity index (χ0) is 20.5. The van der Waals surface area contributed by atoms with E-state index >= 15 is 0 Å². The van der Waals surface area contributed by atoms with Crippen LogP contribution in [0.5, 0.6) is 0 Å². The first-order valence-electron chi connectivity index (χ1n) is 8.44. The van der Waals surface area contributed by atoms with Crippen LogP contribution in [0.25, 0.3) is 22.0 Å². The number of halogens is 4. The van der Waals surface area contributed by atoms with Crippen LogP contribution in [0.3, 0.4) is 0 Å². The molecule has 146 valence electrons. The maximum atomic E-state index is 14.3. The first-order chi connectivity index (χ1) is 13.2. The SMILES string of the molecule is CCCNC(=O)c1nnc2c(-c3cc(C(F)(F)F)ccc3F)cccc2c1N. The number of rotatable bonds is 4. The second-order valence-corrected chi connectivity index (χ2v) is 6.11. The number of carbonyl (C=O) groups excluding carboxylic acids is 1. The fraction of sp³-hybridized carbons (Fsp3) is 0.211. The summed E-state index contributed by atoms with van der Waals surface area (Å²) in [5, 5.41) is 10.7. The van der Waals surface area contributed by atoms with Crippen molar-refractivity contribution in [2.45, 2.75) is 19.5 Å². The van der Waals surface area contributed by atoms with Gasteiger partial charge >= 0.3 is 6.18 Å². The molecule has 0 saturated heterocycles. The van der Waals surface area contributed by atoms with Crippen LogP contribution < -0.4 is 11.1 Å².